The van der Waals surface area contributed by atoms with Gasteiger partial charge < -0.3 is 4.90 Å². The Labute approximate surface area is 164 Å². The molecule has 2 aromatic rings. The van der Waals surface area contributed by atoms with E-state index in [-0.39, 0.29) is 17.7 Å². The fourth-order valence-electron chi connectivity index (χ4n) is 4.71. The van der Waals surface area contributed by atoms with Crippen molar-refractivity contribution < 1.29 is 14.4 Å². The second-order valence-corrected chi connectivity index (χ2v) is 7.70. The van der Waals surface area contributed by atoms with Crippen LogP contribution in [0, 0.1) is 5.41 Å². The van der Waals surface area contributed by atoms with Crippen LogP contribution < -0.4 is 0 Å². The number of fused-ring (bicyclic) bond motifs is 1. The summed E-state index contributed by atoms with van der Waals surface area (Å²) in [5.74, 6) is -0.654. The number of hydrogen-bond donors (Lipinski definition) is 0. The molecule has 2 unspecified atom stereocenters. The van der Waals surface area contributed by atoms with Crippen molar-refractivity contribution in [2.45, 2.75) is 32.7 Å². The topological polar surface area (TPSA) is 57.7 Å². The molecule has 28 heavy (non-hydrogen) atoms. The highest BCUT2D eigenvalue weighted by Crippen LogP contribution is 2.68. The van der Waals surface area contributed by atoms with Crippen LogP contribution in [0.3, 0.4) is 0 Å². The zero-order valence-corrected chi connectivity index (χ0v) is 16.4. The molecule has 0 saturated heterocycles. The summed E-state index contributed by atoms with van der Waals surface area (Å²) < 4.78 is 0. The maximum Gasteiger partial charge on any atom is 0.262 e. The Morgan fingerprint density at radius 1 is 0.929 bits per heavy atom. The first-order valence-corrected chi connectivity index (χ1v) is 9.75. The number of carbonyl (C=O) groups excluding carboxylic acids is 3. The number of hydrogen-bond acceptors (Lipinski definition) is 3. The van der Waals surface area contributed by atoms with Crippen LogP contribution in [-0.2, 0) is 10.3 Å². The number of benzene rings is 2. The molecule has 3 amide bonds. The second kappa shape index (κ2) is 6.30. The Morgan fingerprint density at radius 2 is 1.43 bits per heavy atom. The summed E-state index contributed by atoms with van der Waals surface area (Å²) in [7, 11) is 0. The average Bonchev–Trinajstić information content (AvgIpc) is 3.28. The van der Waals surface area contributed by atoms with Gasteiger partial charge >= 0.3 is 0 Å². The number of nitrogens with zero attached hydrogens (tertiary/aromatic N) is 2. The monoisotopic (exact) mass is 376 g/mol. The Bertz CT molecular complexity index is 932. The number of imide groups is 1. The van der Waals surface area contributed by atoms with Gasteiger partial charge in [-0.15, -0.1) is 0 Å². The van der Waals surface area contributed by atoms with Crippen LogP contribution in [0.2, 0.25) is 0 Å². The maximum atomic E-state index is 13.4. The number of amides is 3. The highest BCUT2D eigenvalue weighted by Gasteiger charge is 2.76. The van der Waals surface area contributed by atoms with E-state index in [9.17, 15) is 14.4 Å². The van der Waals surface area contributed by atoms with Gasteiger partial charge in [-0.1, -0.05) is 42.5 Å². The normalized spacial score (nSPS) is 25.6. The van der Waals surface area contributed by atoms with Crippen molar-refractivity contribution in [3.63, 3.8) is 0 Å². The molecule has 1 aliphatic carbocycles. The quantitative estimate of drug-likeness (QED) is 0.751. The molecule has 0 aromatic heterocycles. The van der Waals surface area contributed by atoms with Crippen molar-refractivity contribution in [1.82, 2.24) is 9.80 Å². The van der Waals surface area contributed by atoms with Gasteiger partial charge in [0.1, 0.15) is 0 Å². The van der Waals surface area contributed by atoms with Crippen molar-refractivity contribution >= 4 is 17.7 Å². The molecule has 4 rings (SSSR count). The van der Waals surface area contributed by atoms with E-state index in [0.29, 0.717) is 30.6 Å². The molecule has 0 spiro atoms. The second-order valence-electron chi connectivity index (χ2n) is 7.70. The third-order valence-electron chi connectivity index (χ3n) is 6.35. The van der Waals surface area contributed by atoms with Gasteiger partial charge in [-0.3, -0.25) is 19.3 Å². The van der Waals surface area contributed by atoms with Crippen molar-refractivity contribution in [3.05, 3.63) is 71.3 Å². The largest absolute Gasteiger partial charge is 0.343 e. The molecule has 1 fully saturated rings. The predicted octanol–water partition coefficient (Wildman–Crippen LogP) is 3.46. The van der Waals surface area contributed by atoms with Gasteiger partial charge in [-0.2, -0.15) is 0 Å². The van der Waals surface area contributed by atoms with E-state index in [4.69, 9.17) is 0 Å². The molecule has 0 bridgehead atoms. The Hall–Kier alpha value is -2.95. The van der Waals surface area contributed by atoms with E-state index in [2.05, 4.69) is 0 Å². The smallest absolute Gasteiger partial charge is 0.262 e. The molecule has 2 aromatic carbocycles. The van der Waals surface area contributed by atoms with Crippen molar-refractivity contribution in [1.29, 1.82) is 0 Å². The van der Waals surface area contributed by atoms with Crippen molar-refractivity contribution in [3.8, 4) is 0 Å². The van der Waals surface area contributed by atoms with Crippen LogP contribution in [0.5, 0.6) is 0 Å². The van der Waals surface area contributed by atoms with Crippen LogP contribution in [0.1, 0.15) is 53.5 Å². The Kier molecular flexibility index (Phi) is 4.14. The van der Waals surface area contributed by atoms with E-state index in [1.807, 2.05) is 51.1 Å². The first-order chi connectivity index (χ1) is 13.4. The minimum absolute atomic E-state index is 0.0158. The third-order valence-corrected chi connectivity index (χ3v) is 6.35. The van der Waals surface area contributed by atoms with Crippen LogP contribution >= 0.6 is 0 Å². The summed E-state index contributed by atoms with van der Waals surface area (Å²) in [5.41, 5.74) is -0.151. The van der Waals surface area contributed by atoms with Gasteiger partial charge in [-0.05, 0) is 44.9 Å². The predicted molar refractivity (Wildman–Crippen MR) is 106 cm³/mol. The van der Waals surface area contributed by atoms with Crippen LogP contribution in [0.15, 0.2) is 54.6 Å². The average molecular weight is 376 g/mol. The first-order valence-electron chi connectivity index (χ1n) is 9.75. The summed E-state index contributed by atoms with van der Waals surface area (Å²) in [4.78, 5) is 43.1. The Morgan fingerprint density at radius 3 is 1.93 bits per heavy atom. The first kappa shape index (κ1) is 18.4. The summed E-state index contributed by atoms with van der Waals surface area (Å²) in [6.45, 7) is 6.96. The zero-order chi connectivity index (χ0) is 20.1. The zero-order valence-electron chi connectivity index (χ0n) is 16.4. The van der Waals surface area contributed by atoms with Crippen LogP contribution in [-0.4, -0.2) is 40.6 Å². The number of rotatable bonds is 5. The molecular weight excluding hydrogens is 352 g/mol. The summed E-state index contributed by atoms with van der Waals surface area (Å²) in [6.07, 6.45) is 0.435. The maximum absolute atomic E-state index is 13.4. The van der Waals surface area contributed by atoms with Crippen LogP contribution in [0.4, 0.5) is 0 Å². The molecule has 5 heteroatoms. The summed E-state index contributed by atoms with van der Waals surface area (Å²) in [5, 5.41) is 0. The standard InChI is InChI=1S/C23H24N2O3/c1-4-24(5-2)21(28)22(3)15-23(22,16-11-7-6-8-12-16)25-19(26)17-13-9-10-14-18(17)20(25)27/h6-14H,4-5,15H2,1-3H3. The lowest BCUT2D eigenvalue weighted by Crippen LogP contribution is -2.48. The van der Waals surface area contributed by atoms with Crippen molar-refractivity contribution in [2.24, 2.45) is 5.41 Å². The molecule has 5 nitrogen and oxygen atoms in total. The van der Waals surface area contributed by atoms with Gasteiger partial charge in [0.15, 0.2) is 0 Å². The van der Waals surface area contributed by atoms with Gasteiger partial charge in [-0.25, -0.2) is 0 Å². The lowest BCUT2D eigenvalue weighted by molar-refractivity contribution is -0.137. The lowest BCUT2D eigenvalue weighted by atomic mass is 9.91. The van der Waals surface area contributed by atoms with E-state index in [1.54, 1.807) is 29.2 Å². The molecule has 1 saturated carbocycles. The molecule has 1 aliphatic heterocycles. The van der Waals surface area contributed by atoms with Gasteiger partial charge in [0.05, 0.1) is 22.1 Å². The molecular formula is C23H24N2O3. The molecule has 2 aliphatic rings. The van der Waals surface area contributed by atoms with E-state index in [0.717, 1.165) is 5.56 Å². The van der Waals surface area contributed by atoms with Gasteiger partial charge in [0.2, 0.25) is 5.91 Å². The van der Waals surface area contributed by atoms with E-state index >= 15 is 0 Å². The van der Waals surface area contributed by atoms with Gasteiger partial charge in [0, 0.05) is 13.1 Å². The molecule has 144 valence electrons. The third kappa shape index (κ3) is 2.22. The number of carbonyl (C=O) groups is 3. The molecule has 0 radical (unpaired) electrons. The molecule has 1 heterocycles. The highest BCUT2D eigenvalue weighted by molar-refractivity contribution is 6.22. The fraction of sp³-hybridized carbons (Fsp3) is 0.348. The minimum atomic E-state index is -0.957. The Balaban J connectivity index is 1.86. The highest BCUT2D eigenvalue weighted by atomic mass is 16.2. The van der Waals surface area contributed by atoms with Crippen LogP contribution in [0.25, 0.3) is 0 Å². The van der Waals surface area contributed by atoms with Crippen molar-refractivity contribution in [2.75, 3.05) is 13.1 Å². The fourth-order valence-corrected chi connectivity index (χ4v) is 4.71. The SMILES string of the molecule is CCN(CC)C(=O)C1(C)CC1(c1ccccc1)N1C(=O)c2ccccc2C1=O. The molecule has 0 N–H and O–H groups in total. The lowest BCUT2D eigenvalue weighted by Gasteiger charge is -2.33. The minimum Gasteiger partial charge on any atom is -0.343 e. The van der Waals surface area contributed by atoms with E-state index < -0.39 is 11.0 Å². The van der Waals surface area contributed by atoms with Gasteiger partial charge in [0.25, 0.3) is 11.8 Å². The molecule has 2 atom stereocenters. The van der Waals surface area contributed by atoms with E-state index in [1.165, 1.54) is 4.90 Å². The summed E-state index contributed by atoms with van der Waals surface area (Å²) in [6, 6.07) is 16.4. The summed E-state index contributed by atoms with van der Waals surface area (Å²) >= 11 is 0.